The zero-order valence-electron chi connectivity index (χ0n) is 14.2. The van der Waals surface area contributed by atoms with Crippen LogP contribution >= 0.6 is 0 Å². The molecule has 2 N–H and O–H groups in total. The van der Waals surface area contributed by atoms with E-state index in [1.54, 1.807) is 12.1 Å². The van der Waals surface area contributed by atoms with Crippen molar-refractivity contribution < 1.29 is 14.6 Å². The van der Waals surface area contributed by atoms with E-state index < -0.39 is 0 Å². The van der Waals surface area contributed by atoms with E-state index in [9.17, 15) is 9.90 Å². The van der Waals surface area contributed by atoms with Gasteiger partial charge in [0, 0.05) is 11.9 Å². The molecule has 4 nitrogen and oxygen atoms in total. The van der Waals surface area contributed by atoms with Crippen LogP contribution in [0.5, 0.6) is 11.5 Å². The number of benzene rings is 3. The molecular weight excluding hydrogens is 314 g/mol. The SMILES string of the molecule is Cc1ccc(OCCCNC(=O)c2ccc3ccccc3c2O)cc1. The van der Waals surface area contributed by atoms with Crippen LogP contribution < -0.4 is 10.1 Å². The Morgan fingerprint density at radius 2 is 1.80 bits per heavy atom. The van der Waals surface area contributed by atoms with Crippen molar-refractivity contribution in [2.45, 2.75) is 13.3 Å². The number of aromatic hydroxyl groups is 1. The van der Waals surface area contributed by atoms with E-state index in [4.69, 9.17) is 4.74 Å². The number of rotatable bonds is 6. The predicted octanol–water partition coefficient (Wildman–Crippen LogP) is 4.05. The van der Waals surface area contributed by atoms with Crippen LogP contribution in [0.2, 0.25) is 0 Å². The first-order valence-electron chi connectivity index (χ1n) is 8.33. The number of hydrogen-bond acceptors (Lipinski definition) is 3. The lowest BCUT2D eigenvalue weighted by atomic mass is 10.0. The molecule has 0 atom stereocenters. The van der Waals surface area contributed by atoms with Crippen molar-refractivity contribution in [1.82, 2.24) is 5.32 Å². The fourth-order valence-electron chi connectivity index (χ4n) is 2.63. The molecule has 1 amide bonds. The molecule has 0 fully saturated rings. The van der Waals surface area contributed by atoms with Crippen molar-refractivity contribution in [2.75, 3.05) is 13.2 Å². The number of amides is 1. The number of ether oxygens (including phenoxy) is 1. The van der Waals surface area contributed by atoms with Gasteiger partial charge < -0.3 is 15.2 Å². The summed E-state index contributed by atoms with van der Waals surface area (Å²) in [7, 11) is 0. The normalized spacial score (nSPS) is 10.6. The van der Waals surface area contributed by atoms with Crippen molar-refractivity contribution in [3.05, 3.63) is 71.8 Å². The molecule has 0 spiro atoms. The smallest absolute Gasteiger partial charge is 0.255 e. The van der Waals surface area contributed by atoms with E-state index in [1.165, 1.54) is 5.56 Å². The molecule has 0 unspecified atom stereocenters. The van der Waals surface area contributed by atoms with E-state index in [1.807, 2.05) is 55.5 Å². The summed E-state index contributed by atoms with van der Waals surface area (Å²) < 4.78 is 5.63. The molecule has 0 aliphatic rings. The molecule has 0 saturated carbocycles. The number of carbonyl (C=O) groups is 1. The number of hydrogen-bond donors (Lipinski definition) is 2. The Kier molecular flexibility index (Phi) is 5.19. The summed E-state index contributed by atoms with van der Waals surface area (Å²) in [6.07, 6.45) is 0.688. The summed E-state index contributed by atoms with van der Waals surface area (Å²) in [5, 5.41) is 14.7. The molecule has 3 rings (SSSR count). The van der Waals surface area contributed by atoms with E-state index in [0.717, 1.165) is 11.1 Å². The molecule has 0 aliphatic heterocycles. The van der Waals surface area contributed by atoms with Gasteiger partial charge in [0.15, 0.2) is 0 Å². The van der Waals surface area contributed by atoms with Gasteiger partial charge in [-0.2, -0.15) is 0 Å². The van der Waals surface area contributed by atoms with E-state index in [-0.39, 0.29) is 17.2 Å². The van der Waals surface area contributed by atoms with Gasteiger partial charge in [0.1, 0.15) is 11.5 Å². The van der Waals surface area contributed by atoms with Crippen LogP contribution in [0.15, 0.2) is 60.7 Å². The van der Waals surface area contributed by atoms with Crippen LogP contribution in [0, 0.1) is 6.92 Å². The van der Waals surface area contributed by atoms with Crippen LogP contribution in [-0.2, 0) is 0 Å². The molecule has 25 heavy (non-hydrogen) atoms. The second-order valence-electron chi connectivity index (χ2n) is 5.95. The van der Waals surface area contributed by atoms with Gasteiger partial charge >= 0.3 is 0 Å². The fraction of sp³-hybridized carbons (Fsp3) is 0.190. The highest BCUT2D eigenvalue weighted by molar-refractivity contribution is 6.03. The lowest BCUT2D eigenvalue weighted by Gasteiger charge is -2.10. The maximum absolute atomic E-state index is 12.3. The van der Waals surface area contributed by atoms with Crippen molar-refractivity contribution in [1.29, 1.82) is 0 Å². The van der Waals surface area contributed by atoms with Gasteiger partial charge in [-0.05, 0) is 36.9 Å². The van der Waals surface area contributed by atoms with Crippen LogP contribution in [0.3, 0.4) is 0 Å². The van der Waals surface area contributed by atoms with E-state index >= 15 is 0 Å². The highest BCUT2D eigenvalue weighted by Gasteiger charge is 2.13. The monoisotopic (exact) mass is 335 g/mol. The Morgan fingerprint density at radius 1 is 1.04 bits per heavy atom. The standard InChI is InChI=1S/C21H21NO3/c1-15-7-10-17(11-8-15)25-14-4-13-22-21(24)19-12-9-16-5-2-3-6-18(16)20(19)23/h2-3,5-12,23H,4,13-14H2,1H3,(H,22,24). The third-order valence-electron chi connectivity index (χ3n) is 4.04. The minimum absolute atomic E-state index is 0.0199. The third-order valence-corrected chi connectivity index (χ3v) is 4.04. The Hall–Kier alpha value is -3.01. The highest BCUT2D eigenvalue weighted by atomic mass is 16.5. The van der Waals surface area contributed by atoms with Crippen LogP contribution in [0.1, 0.15) is 22.3 Å². The molecular formula is C21H21NO3. The van der Waals surface area contributed by atoms with Gasteiger partial charge in [-0.25, -0.2) is 0 Å². The molecule has 0 radical (unpaired) electrons. The molecule has 0 heterocycles. The maximum Gasteiger partial charge on any atom is 0.255 e. The van der Waals surface area contributed by atoms with Crippen molar-refractivity contribution in [3.8, 4) is 11.5 Å². The first-order valence-corrected chi connectivity index (χ1v) is 8.33. The van der Waals surface area contributed by atoms with Crippen molar-refractivity contribution >= 4 is 16.7 Å². The Morgan fingerprint density at radius 3 is 2.60 bits per heavy atom. The minimum atomic E-state index is -0.279. The lowest BCUT2D eigenvalue weighted by Crippen LogP contribution is -2.25. The predicted molar refractivity (Wildman–Crippen MR) is 99.2 cm³/mol. The third kappa shape index (κ3) is 4.10. The van der Waals surface area contributed by atoms with Gasteiger partial charge in [-0.3, -0.25) is 4.79 Å². The summed E-state index contributed by atoms with van der Waals surface area (Å²) >= 11 is 0. The Labute approximate surface area is 147 Å². The van der Waals surface area contributed by atoms with Crippen molar-refractivity contribution in [2.24, 2.45) is 0 Å². The summed E-state index contributed by atoms with van der Waals surface area (Å²) in [4.78, 5) is 12.3. The zero-order chi connectivity index (χ0) is 17.6. The highest BCUT2D eigenvalue weighted by Crippen LogP contribution is 2.28. The number of phenolic OH excluding ortho intramolecular Hbond substituents is 1. The number of fused-ring (bicyclic) bond motifs is 1. The Balaban J connectivity index is 1.51. The fourth-order valence-corrected chi connectivity index (χ4v) is 2.63. The summed E-state index contributed by atoms with van der Waals surface area (Å²) in [5.41, 5.74) is 1.48. The summed E-state index contributed by atoms with van der Waals surface area (Å²) in [6.45, 7) is 3.03. The van der Waals surface area contributed by atoms with E-state index in [2.05, 4.69) is 5.32 Å². The first-order chi connectivity index (χ1) is 12.1. The molecule has 0 saturated heterocycles. The topological polar surface area (TPSA) is 58.6 Å². The molecule has 0 aromatic heterocycles. The van der Waals surface area contributed by atoms with Crippen LogP contribution in [0.25, 0.3) is 10.8 Å². The molecule has 3 aromatic rings. The van der Waals surface area contributed by atoms with Crippen LogP contribution in [0.4, 0.5) is 0 Å². The molecule has 128 valence electrons. The molecule has 0 aliphatic carbocycles. The zero-order valence-corrected chi connectivity index (χ0v) is 14.2. The second kappa shape index (κ2) is 7.71. The van der Waals surface area contributed by atoms with Gasteiger partial charge in [-0.1, -0.05) is 48.0 Å². The van der Waals surface area contributed by atoms with Crippen LogP contribution in [-0.4, -0.2) is 24.2 Å². The minimum Gasteiger partial charge on any atom is -0.506 e. The number of carbonyl (C=O) groups excluding carboxylic acids is 1. The van der Waals surface area contributed by atoms with Crippen molar-refractivity contribution in [3.63, 3.8) is 0 Å². The number of phenols is 1. The number of aryl methyl sites for hydroxylation is 1. The molecule has 3 aromatic carbocycles. The van der Waals surface area contributed by atoms with Gasteiger partial charge in [0.05, 0.1) is 12.2 Å². The quantitative estimate of drug-likeness (QED) is 0.668. The van der Waals surface area contributed by atoms with E-state index in [0.29, 0.717) is 25.0 Å². The average molecular weight is 335 g/mol. The maximum atomic E-state index is 12.3. The first kappa shape index (κ1) is 16.8. The largest absolute Gasteiger partial charge is 0.506 e. The lowest BCUT2D eigenvalue weighted by molar-refractivity contribution is 0.0949. The number of nitrogens with one attached hydrogen (secondary N) is 1. The van der Waals surface area contributed by atoms with Gasteiger partial charge in [0.25, 0.3) is 5.91 Å². The van der Waals surface area contributed by atoms with Gasteiger partial charge in [-0.15, -0.1) is 0 Å². The summed E-state index contributed by atoms with van der Waals surface area (Å²) in [5.74, 6) is 0.564. The second-order valence-corrected chi connectivity index (χ2v) is 5.95. The average Bonchev–Trinajstić information content (AvgIpc) is 2.63. The Bertz CT molecular complexity index is 872. The molecule has 0 bridgehead atoms. The molecule has 4 heteroatoms. The van der Waals surface area contributed by atoms with Gasteiger partial charge in [0.2, 0.25) is 0 Å². The summed E-state index contributed by atoms with van der Waals surface area (Å²) in [6, 6.07) is 18.8.